The third-order valence-corrected chi connectivity index (χ3v) is 4.97. The summed E-state index contributed by atoms with van der Waals surface area (Å²) in [4.78, 5) is 23.9. The number of benzene rings is 2. The van der Waals surface area contributed by atoms with E-state index in [2.05, 4.69) is 17.6 Å². The fraction of sp³-hybridized carbons (Fsp3) is 0.333. The lowest BCUT2D eigenvalue weighted by Crippen LogP contribution is -2.28. The predicted molar refractivity (Wildman–Crippen MR) is 111 cm³/mol. The summed E-state index contributed by atoms with van der Waals surface area (Å²) in [6.45, 7) is 2.62. The minimum atomic E-state index is -0.0908. The minimum Gasteiger partial charge on any atom is -0.497 e. The molecule has 0 aromatic heterocycles. The quantitative estimate of drug-likeness (QED) is 0.658. The molecule has 2 N–H and O–H groups in total. The molecule has 0 saturated heterocycles. The summed E-state index contributed by atoms with van der Waals surface area (Å²) in [5.41, 5.74) is 3.08. The standard InChI is InChI=1S/C21H26N2O3S/c1-3-17-6-4-5-7-19(17)23-21(25)15-27-14-20(24)22-13-12-16-8-10-18(26-2)11-9-16/h4-11H,3,12-15H2,1-2H3,(H,22,24)(H,23,25). The Hall–Kier alpha value is -2.47. The van der Waals surface area contributed by atoms with Crippen LogP contribution in [0.3, 0.4) is 0 Å². The maximum atomic E-state index is 12.0. The number of carbonyl (C=O) groups excluding carboxylic acids is 2. The van der Waals surface area contributed by atoms with E-state index in [-0.39, 0.29) is 23.3 Å². The molecule has 0 saturated carbocycles. The van der Waals surface area contributed by atoms with Gasteiger partial charge in [-0.15, -0.1) is 11.8 Å². The molecule has 5 nitrogen and oxygen atoms in total. The van der Waals surface area contributed by atoms with E-state index in [4.69, 9.17) is 4.74 Å². The molecule has 2 rings (SSSR count). The summed E-state index contributed by atoms with van der Waals surface area (Å²) < 4.78 is 5.12. The highest BCUT2D eigenvalue weighted by Gasteiger charge is 2.08. The number of hydrogen-bond acceptors (Lipinski definition) is 4. The Balaban J connectivity index is 1.63. The number of para-hydroxylation sites is 1. The van der Waals surface area contributed by atoms with Crippen molar-refractivity contribution in [3.63, 3.8) is 0 Å². The van der Waals surface area contributed by atoms with Crippen LogP contribution in [0.4, 0.5) is 5.69 Å². The highest BCUT2D eigenvalue weighted by atomic mass is 32.2. The van der Waals surface area contributed by atoms with Crippen LogP contribution in [0.5, 0.6) is 5.75 Å². The van der Waals surface area contributed by atoms with E-state index in [0.717, 1.165) is 35.4 Å². The van der Waals surface area contributed by atoms with E-state index >= 15 is 0 Å². The van der Waals surface area contributed by atoms with Gasteiger partial charge in [-0.25, -0.2) is 0 Å². The van der Waals surface area contributed by atoms with Gasteiger partial charge in [0.25, 0.3) is 0 Å². The molecule has 0 spiro atoms. The van der Waals surface area contributed by atoms with E-state index < -0.39 is 0 Å². The van der Waals surface area contributed by atoms with Gasteiger partial charge in [-0.05, 0) is 42.2 Å². The second kappa shape index (κ2) is 11.3. The van der Waals surface area contributed by atoms with Crippen LogP contribution in [-0.2, 0) is 22.4 Å². The summed E-state index contributed by atoms with van der Waals surface area (Å²) in [5.74, 6) is 1.19. The van der Waals surface area contributed by atoms with E-state index in [1.165, 1.54) is 11.8 Å². The van der Waals surface area contributed by atoms with Gasteiger partial charge in [0.15, 0.2) is 0 Å². The third kappa shape index (κ3) is 7.35. The molecule has 0 atom stereocenters. The number of amides is 2. The van der Waals surface area contributed by atoms with Crippen molar-refractivity contribution in [2.75, 3.05) is 30.5 Å². The van der Waals surface area contributed by atoms with Crippen LogP contribution in [0.2, 0.25) is 0 Å². The van der Waals surface area contributed by atoms with Gasteiger partial charge in [0, 0.05) is 12.2 Å². The Morgan fingerprint density at radius 3 is 2.41 bits per heavy atom. The van der Waals surface area contributed by atoms with Crippen LogP contribution in [0.25, 0.3) is 0 Å². The first kappa shape index (κ1) is 20.8. The van der Waals surface area contributed by atoms with Crippen molar-refractivity contribution in [3.8, 4) is 5.75 Å². The van der Waals surface area contributed by atoms with Crippen LogP contribution >= 0.6 is 11.8 Å². The van der Waals surface area contributed by atoms with Crippen LogP contribution in [0.15, 0.2) is 48.5 Å². The third-order valence-electron chi connectivity index (χ3n) is 4.03. The van der Waals surface area contributed by atoms with Gasteiger partial charge in [-0.1, -0.05) is 37.3 Å². The Labute approximate surface area is 164 Å². The van der Waals surface area contributed by atoms with Crippen molar-refractivity contribution in [2.24, 2.45) is 0 Å². The van der Waals surface area contributed by atoms with Crippen molar-refractivity contribution in [1.29, 1.82) is 0 Å². The van der Waals surface area contributed by atoms with E-state index in [0.29, 0.717) is 6.54 Å². The molecule has 6 heteroatoms. The first-order valence-corrected chi connectivity index (χ1v) is 10.1. The number of thioether (sulfide) groups is 1. The van der Waals surface area contributed by atoms with Crippen LogP contribution < -0.4 is 15.4 Å². The first-order valence-electron chi connectivity index (χ1n) is 8.97. The lowest BCUT2D eigenvalue weighted by atomic mass is 10.1. The molecule has 0 bridgehead atoms. The topological polar surface area (TPSA) is 67.4 Å². The summed E-state index contributed by atoms with van der Waals surface area (Å²) in [6, 6.07) is 15.5. The monoisotopic (exact) mass is 386 g/mol. The first-order chi connectivity index (χ1) is 13.1. The number of anilines is 1. The summed E-state index contributed by atoms with van der Waals surface area (Å²) >= 11 is 1.31. The number of ether oxygens (including phenoxy) is 1. The molecule has 0 aliphatic rings. The average molecular weight is 387 g/mol. The number of carbonyl (C=O) groups is 2. The fourth-order valence-corrected chi connectivity index (χ4v) is 3.21. The molecule has 0 aliphatic heterocycles. The zero-order valence-electron chi connectivity index (χ0n) is 15.8. The Bertz CT molecular complexity index is 747. The molecular formula is C21H26N2O3S. The lowest BCUT2D eigenvalue weighted by Gasteiger charge is -2.09. The molecule has 0 heterocycles. The molecule has 27 heavy (non-hydrogen) atoms. The Morgan fingerprint density at radius 1 is 1.00 bits per heavy atom. The highest BCUT2D eigenvalue weighted by molar-refractivity contribution is 8.00. The van der Waals surface area contributed by atoms with E-state index in [1.54, 1.807) is 7.11 Å². The second-order valence-corrected chi connectivity index (χ2v) is 6.99. The molecule has 0 unspecified atom stereocenters. The summed E-state index contributed by atoms with van der Waals surface area (Å²) in [7, 11) is 1.63. The van der Waals surface area contributed by atoms with Gasteiger partial charge >= 0.3 is 0 Å². The molecular weight excluding hydrogens is 360 g/mol. The van der Waals surface area contributed by atoms with Gasteiger partial charge in [-0.2, -0.15) is 0 Å². The van der Waals surface area contributed by atoms with Gasteiger partial charge in [0.05, 0.1) is 18.6 Å². The van der Waals surface area contributed by atoms with Crippen molar-refractivity contribution in [3.05, 3.63) is 59.7 Å². The van der Waals surface area contributed by atoms with E-state index in [9.17, 15) is 9.59 Å². The number of aryl methyl sites for hydroxylation is 1. The maximum Gasteiger partial charge on any atom is 0.234 e. The number of methoxy groups -OCH3 is 1. The van der Waals surface area contributed by atoms with Crippen LogP contribution in [-0.4, -0.2) is 37.0 Å². The Morgan fingerprint density at radius 2 is 1.70 bits per heavy atom. The molecule has 2 aromatic carbocycles. The van der Waals surface area contributed by atoms with Crippen LogP contribution in [0, 0.1) is 0 Å². The zero-order chi connectivity index (χ0) is 19.5. The second-order valence-electron chi connectivity index (χ2n) is 6.00. The van der Waals surface area contributed by atoms with Crippen molar-refractivity contribution in [1.82, 2.24) is 5.32 Å². The van der Waals surface area contributed by atoms with Gasteiger partial charge in [0.1, 0.15) is 5.75 Å². The lowest BCUT2D eigenvalue weighted by molar-refractivity contribution is -0.118. The minimum absolute atomic E-state index is 0.0599. The molecule has 0 fully saturated rings. The average Bonchev–Trinajstić information content (AvgIpc) is 2.69. The van der Waals surface area contributed by atoms with Crippen molar-refractivity contribution < 1.29 is 14.3 Å². The zero-order valence-corrected chi connectivity index (χ0v) is 16.6. The number of rotatable bonds is 10. The summed E-state index contributed by atoms with van der Waals surface area (Å²) in [5, 5.41) is 5.79. The summed E-state index contributed by atoms with van der Waals surface area (Å²) in [6.07, 6.45) is 1.62. The van der Waals surface area contributed by atoms with Crippen molar-refractivity contribution >= 4 is 29.3 Å². The van der Waals surface area contributed by atoms with Gasteiger partial charge in [-0.3, -0.25) is 9.59 Å². The predicted octanol–water partition coefficient (Wildman–Crippen LogP) is 3.29. The highest BCUT2D eigenvalue weighted by Crippen LogP contribution is 2.16. The molecule has 0 aliphatic carbocycles. The maximum absolute atomic E-state index is 12.0. The number of nitrogens with one attached hydrogen (secondary N) is 2. The molecule has 2 aromatic rings. The van der Waals surface area contributed by atoms with Crippen molar-refractivity contribution in [2.45, 2.75) is 19.8 Å². The molecule has 144 valence electrons. The smallest absolute Gasteiger partial charge is 0.234 e. The van der Waals surface area contributed by atoms with Gasteiger partial charge < -0.3 is 15.4 Å². The molecule has 0 radical (unpaired) electrons. The van der Waals surface area contributed by atoms with Crippen LogP contribution in [0.1, 0.15) is 18.1 Å². The van der Waals surface area contributed by atoms with E-state index in [1.807, 2.05) is 48.5 Å². The Kier molecular flexibility index (Phi) is 8.71. The fourth-order valence-electron chi connectivity index (χ4n) is 2.56. The largest absolute Gasteiger partial charge is 0.497 e. The van der Waals surface area contributed by atoms with Gasteiger partial charge in [0.2, 0.25) is 11.8 Å². The number of hydrogen-bond donors (Lipinski definition) is 2. The SMILES string of the molecule is CCc1ccccc1NC(=O)CSCC(=O)NCCc1ccc(OC)cc1. The molecule has 2 amide bonds. The normalized spacial score (nSPS) is 10.3.